The fraction of sp³-hybridized carbons (Fsp3) is 0.176. The molecular formula is C17H14N8O2. The molecule has 134 valence electrons. The Morgan fingerprint density at radius 1 is 1.11 bits per heavy atom. The summed E-state index contributed by atoms with van der Waals surface area (Å²) >= 11 is 0. The average molecular weight is 362 g/mol. The van der Waals surface area contributed by atoms with Crippen LogP contribution in [0.4, 0.5) is 0 Å². The van der Waals surface area contributed by atoms with Crippen molar-refractivity contribution in [1.29, 1.82) is 0 Å². The first-order valence-corrected chi connectivity index (χ1v) is 8.18. The highest BCUT2D eigenvalue weighted by atomic mass is 16.5. The summed E-state index contributed by atoms with van der Waals surface area (Å²) in [7, 11) is 3.37. The van der Waals surface area contributed by atoms with Crippen molar-refractivity contribution < 1.29 is 9.26 Å². The molecule has 10 heteroatoms. The zero-order valence-corrected chi connectivity index (χ0v) is 14.8. The number of aryl methyl sites for hydroxylation is 2. The van der Waals surface area contributed by atoms with Gasteiger partial charge in [0.15, 0.2) is 11.3 Å². The van der Waals surface area contributed by atoms with Crippen LogP contribution < -0.4 is 4.74 Å². The predicted molar refractivity (Wildman–Crippen MR) is 95.1 cm³/mol. The molecule has 0 N–H and O–H groups in total. The molecule has 0 aliphatic heterocycles. The molecule has 0 unspecified atom stereocenters. The Morgan fingerprint density at radius 3 is 2.70 bits per heavy atom. The molecule has 0 aliphatic carbocycles. The third kappa shape index (κ3) is 2.26. The van der Waals surface area contributed by atoms with Crippen LogP contribution in [0.5, 0.6) is 5.75 Å². The van der Waals surface area contributed by atoms with Crippen molar-refractivity contribution in [3.05, 3.63) is 36.2 Å². The van der Waals surface area contributed by atoms with Crippen molar-refractivity contribution in [3.8, 4) is 28.7 Å². The Bertz CT molecular complexity index is 1300. The van der Waals surface area contributed by atoms with Gasteiger partial charge in [-0.15, -0.1) is 10.2 Å². The highest BCUT2D eigenvalue weighted by molar-refractivity contribution is 6.04. The first-order valence-electron chi connectivity index (χ1n) is 8.18. The van der Waals surface area contributed by atoms with Crippen LogP contribution in [-0.2, 0) is 7.05 Å². The highest BCUT2D eigenvalue weighted by Crippen LogP contribution is 2.35. The predicted octanol–water partition coefficient (Wildman–Crippen LogP) is 2.05. The molecule has 0 spiro atoms. The van der Waals surface area contributed by atoms with E-state index in [-0.39, 0.29) is 0 Å². The summed E-state index contributed by atoms with van der Waals surface area (Å²) in [6.07, 6.45) is 1.66. The maximum absolute atomic E-state index is 5.56. The van der Waals surface area contributed by atoms with E-state index in [9.17, 15) is 0 Å². The van der Waals surface area contributed by atoms with E-state index in [0.29, 0.717) is 40.1 Å². The fourth-order valence-electron chi connectivity index (χ4n) is 3.09. The van der Waals surface area contributed by atoms with Crippen molar-refractivity contribution in [2.24, 2.45) is 7.05 Å². The molecule has 5 aromatic rings. The van der Waals surface area contributed by atoms with E-state index in [2.05, 4.69) is 25.6 Å². The van der Waals surface area contributed by atoms with Gasteiger partial charge in [-0.1, -0.05) is 17.3 Å². The SMILES string of the molecule is COc1cccc2c1c(-c1cnn(C)n1)nn1c(-c3cc(C)on3)nnc21. The van der Waals surface area contributed by atoms with Crippen molar-refractivity contribution in [1.82, 2.24) is 40.0 Å². The molecule has 0 fully saturated rings. The van der Waals surface area contributed by atoms with Gasteiger partial charge in [-0.05, 0) is 13.0 Å². The number of hydrogen-bond acceptors (Lipinski definition) is 8. The maximum atomic E-state index is 5.56. The number of hydrogen-bond donors (Lipinski definition) is 0. The molecule has 4 heterocycles. The molecule has 1 aromatic carbocycles. The molecule has 27 heavy (non-hydrogen) atoms. The van der Waals surface area contributed by atoms with Crippen molar-refractivity contribution in [3.63, 3.8) is 0 Å². The van der Waals surface area contributed by atoms with Crippen molar-refractivity contribution in [2.45, 2.75) is 6.92 Å². The van der Waals surface area contributed by atoms with Gasteiger partial charge in [0.05, 0.1) is 18.7 Å². The minimum atomic E-state index is 0.483. The van der Waals surface area contributed by atoms with Crippen molar-refractivity contribution >= 4 is 16.4 Å². The lowest BCUT2D eigenvalue weighted by molar-refractivity contribution is 0.399. The lowest BCUT2D eigenvalue weighted by Gasteiger charge is -2.09. The van der Waals surface area contributed by atoms with E-state index in [1.54, 1.807) is 30.9 Å². The van der Waals surface area contributed by atoms with Crippen LogP contribution in [0.1, 0.15) is 5.76 Å². The van der Waals surface area contributed by atoms with E-state index in [4.69, 9.17) is 14.4 Å². The molecule has 0 aliphatic rings. The number of nitrogens with zero attached hydrogens (tertiary/aromatic N) is 8. The van der Waals surface area contributed by atoms with Crippen molar-refractivity contribution in [2.75, 3.05) is 7.11 Å². The zero-order valence-electron chi connectivity index (χ0n) is 14.8. The molecule has 5 rings (SSSR count). The number of ether oxygens (including phenoxy) is 1. The van der Waals surface area contributed by atoms with E-state index in [1.165, 1.54) is 4.80 Å². The van der Waals surface area contributed by atoms with Crippen LogP contribution in [0.15, 0.2) is 35.0 Å². The maximum Gasteiger partial charge on any atom is 0.207 e. The standard InChI is InChI=1S/C17H14N8O2/c1-9-7-11(23-27-9)17-20-19-16-10-5-4-6-13(26-3)14(10)15(22-25(16)17)12-8-18-24(2)21-12/h4-8H,1-3H3. The molecule has 0 saturated carbocycles. The van der Waals surface area contributed by atoms with E-state index in [0.717, 1.165) is 10.8 Å². The molecule has 0 saturated heterocycles. The second kappa shape index (κ2) is 5.59. The summed E-state index contributed by atoms with van der Waals surface area (Å²) in [4.78, 5) is 1.48. The Hall–Kier alpha value is -3.82. The van der Waals surface area contributed by atoms with Gasteiger partial charge in [-0.3, -0.25) is 0 Å². The Morgan fingerprint density at radius 2 is 2.00 bits per heavy atom. The summed E-state index contributed by atoms with van der Waals surface area (Å²) in [5, 5.41) is 27.6. The van der Waals surface area contributed by atoms with E-state index < -0.39 is 0 Å². The minimum Gasteiger partial charge on any atom is -0.496 e. The third-order valence-electron chi connectivity index (χ3n) is 4.26. The molecule has 0 radical (unpaired) electrons. The molecule has 0 bridgehead atoms. The highest BCUT2D eigenvalue weighted by Gasteiger charge is 2.21. The van der Waals surface area contributed by atoms with E-state index >= 15 is 0 Å². The van der Waals surface area contributed by atoms with Crippen LogP contribution in [0.25, 0.3) is 39.3 Å². The van der Waals surface area contributed by atoms with Gasteiger partial charge in [-0.2, -0.15) is 24.6 Å². The number of methoxy groups -OCH3 is 1. The van der Waals surface area contributed by atoms with Gasteiger partial charge in [-0.25, -0.2) is 0 Å². The first kappa shape index (κ1) is 15.4. The van der Waals surface area contributed by atoms with Gasteiger partial charge in [0.25, 0.3) is 0 Å². The second-order valence-corrected chi connectivity index (χ2v) is 6.03. The lowest BCUT2D eigenvalue weighted by Crippen LogP contribution is -2.01. The topological polar surface area (TPSA) is 109 Å². The first-order chi connectivity index (χ1) is 13.2. The van der Waals surface area contributed by atoms with Gasteiger partial charge >= 0.3 is 0 Å². The average Bonchev–Trinajstić information content (AvgIpc) is 3.39. The van der Waals surface area contributed by atoms with Crippen LogP contribution in [-0.4, -0.2) is 47.1 Å². The van der Waals surface area contributed by atoms with Crippen LogP contribution in [0, 0.1) is 6.92 Å². The number of fused-ring (bicyclic) bond motifs is 3. The fourth-order valence-corrected chi connectivity index (χ4v) is 3.09. The summed E-state index contributed by atoms with van der Waals surface area (Å²) in [6.45, 7) is 1.82. The molecular weight excluding hydrogens is 348 g/mol. The molecule has 10 nitrogen and oxygen atoms in total. The largest absolute Gasteiger partial charge is 0.496 e. The molecule has 0 atom stereocenters. The summed E-state index contributed by atoms with van der Waals surface area (Å²) in [5.41, 5.74) is 2.38. The Kier molecular flexibility index (Phi) is 3.20. The number of aromatic nitrogens is 8. The zero-order chi connectivity index (χ0) is 18.5. The molecule has 4 aromatic heterocycles. The van der Waals surface area contributed by atoms with E-state index in [1.807, 2.05) is 25.1 Å². The minimum absolute atomic E-state index is 0.483. The van der Waals surface area contributed by atoms with Crippen LogP contribution >= 0.6 is 0 Å². The van der Waals surface area contributed by atoms with Gasteiger partial charge in [0, 0.05) is 18.5 Å². The third-order valence-corrected chi connectivity index (χ3v) is 4.26. The van der Waals surface area contributed by atoms with Crippen LogP contribution in [0.2, 0.25) is 0 Å². The Balaban J connectivity index is 1.92. The number of rotatable bonds is 3. The lowest BCUT2D eigenvalue weighted by atomic mass is 10.1. The molecule has 0 amide bonds. The summed E-state index contributed by atoms with van der Waals surface area (Å²) < 4.78 is 12.4. The monoisotopic (exact) mass is 362 g/mol. The second-order valence-electron chi connectivity index (χ2n) is 6.03. The van der Waals surface area contributed by atoms with Gasteiger partial charge in [0.2, 0.25) is 5.82 Å². The normalized spacial score (nSPS) is 11.5. The quantitative estimate of drug-likeness (QED) is 0.480. The summed E-state index contributed by atoms with van der Waals surface area (Å²) in [6, 6.07) is 7.51. The summed E-state index contributed by atoms with van der Waals surface area (Å²) in [5.74, 6) is 1.83. The number of benzene rings is 1. The van der Waals surface area contributed by atoms with Gasteiger partial charge in [0.1, 0.15) is 22.9 Å². The Labute approximate surface area is 152 Å². The van der Waals surface area contributed by atoms with Crippen LogP contribution in [0.3, 0.4) is 0 Å². The van der Waals surface area contributed by atoms with Gasteiger partial charge < -0.3 is 9.26 Å². The smallest absolute Gasteiger partial charge is 0.207 e.